The van der Waals surface area contributed by atoms with Crippen LogP contribution in [-0.2, 0) is 28.7 Å². The van der Waals surface area contributed by atoms with Gasteiger partial charge in [0.2, 0.25) is 0 Å². The van der Waals surface area contributed by atoms with Gasteiger partial charge in [-0.3, -0.25) is 9.59 Å². The summed E-state index contributed by atoms with van der Waals surface area (Å²) in [6.07, 6.45) is 7.36. The Bertz CT molecular complexity index is 463. The summed E-state index contributed by atoms with van der Waals surface area (Å²) in [5.74, 6) is -2.22. The van der Waals surface area contributed by atoms with Crippen LogP contribution in [0.15, 0.2) is 24.3 Å². The third-order valence-electron chi connectivity index (χ3n) is 2.90. The highest BCUT2D eigenvalue weighted by Gasteiger charge is 2.43. The van der Waals surface area contributed by atoms with E-state index in [1.54, 1.807) is 0 Å². The van der Waals surface area contributed by atoms with E-state index in [0.29, 0.717) is 12.8 Å². The van der Waals surface area contributed by atoms with Crippen molar-refractivity contribution < 1.29 is 38.9 Å². The van der Waals surface area contributed by atoms with Gasteiger partial charge in [0.05, 0.1) is 25.0 Å². The van der Waals surface area contributed by atoms with Gasteiger partial charge < -0.3 is 19.7 Å². The minimum absolute atomic E-state index is 0.125. The summed E-state index contributed by atoms with van der Waals surface area (Å²) in [6, 6.07) is 0. The lowest BCUT2D eigenvalue weighted by atomic mass is 9.85. The molecule has 2 unspecified atom stereocenters. The van der Waals surface area contributed by atoms with Crippen molar-refractivity contribution in [1.29, 1.82) is 0 Å². The topological polar surface area (TPSA) is 127 Å². The minimum atomic E-state index is -0.579. The normalized spacial score (nSPS) is 24.6. The first-order valence-corrected chi connectivity index (χ1v) is 6.55. The molecule has 0 amide bonds. The third kappa shape index (κ3) is 5.23. The van der Waals surface area contributed by atoms with E-state index >= 15 is 0 Å². The average molecular weight is 312 g/mol. The number of allylic oxidation sites excluding steroid dienone is 2. The first-order valence-electron chi connectivity index (χ1n) is 6.55. The van der Waals surface area contributed by atoms with Gasteiger partial charge in [0.15, 0.2) is 0 Å². The SMILES string of the molecule is O=C1C=CC(=O)O1.O=C1OC(=O)C2CC=CCC12.OCCO. The van der Waals surface area contributed by atoms with Crippen LogP contribution in [0.25, 0.3) is 0 Å². The molecule has 3 rings (SSSR count). The summed E-state index contributed by atoms with van der Waals surface area (Å²) in [6.45, 7) is -0.250. The maximum Gasteiger partial charge on any atom is 0.338 e. The number of fused-ring (bicyclic) bond motifs is 1. The largest absolute Gasteiger partial charge is 0.394 e. The first kappa shape index (κ1) is 17.7. The summed E-state index contributed by atoms with van der Waals surface area (Å²) < 4.78 is 8.46. The molecule has 8 nitrogen and oxygen atoms in total. The van der Waals surface area contributed by atoms with Gasteiger partial charge in [0, 0.05) is 12.2 Å². The van der Waals surface area contributed by atoms with Crippen LogP contribution in [0.3, 0.4) is 0 Å². The van der Waals surface area contributed by atoms with Gasteiger partial charge in [0.25, 0.3) is 0 Å². The molecule has 0 saturated carbocycles. The lowest BCUT2D eigenvalue weighted by Crippen LogP contribution is -2.18. The van der Waals surface area contributed by atoms with E-state index in [-0.39, 0.29) is 37.0 Å². The number of rotatable bonds is 1. The van der Waals surface area contributed by atoms with Crippen molar-refractivity contribution in [3.05, 3.63) is 24.3 Å². The molecule has 1 fully saturated rings. The fourth-order valence-corrected chi connectivity index (χ4v) is 1.89. The highest BCUT2D eigenvalue weighted by Crippen LogP contribution is 2.32. The molecular weight excluding hydrogens is 296 g/mol. The predicted molar refractivity (Wildman–Crippen MR) is 70.9 cm³/mol. The fraction of sp³-hybridized carbons (Fsp3) is 0.429. The van der Waals surface area contributed by atoms with E-state index < -0.39 is 11.9 Å². The van der Waals surface area contributed by atoms with Gasteiger partial charge in [0.1, 0.15) is 0 Å². The number of aliphatic hydroxyl groups is 2. The zero-order valence-electron chi connectivity index (χ0n) is 11.6. The Morgan fingerprint density at radius 3 is 1.50 bits per heavy atom. The molecule has 2 heterocycles. The maximum absolute atomic E-state index is 10.9. The zero-order chi connectivity index (χ0) is 16.5. The summed E-state index contributed by atoms with van der Waals surface area (Å²) in [7, 11) is 0. The predicted octanol–water partition coefficient (Wildman–Crippen LogP) is -0.751. The molecule has 1 saturated heterocycles. The second-order valence-electron chi connectivity index (χ2n) is 4.42. The molecule has 0 aromatic heterocycles. The Hall–Kier alpha value is -2.32. The quantitative estimate of drug-likeness (QED) is 0.368. The lowest BCUT2D eigenvalue weighted by Gasteiger charge is -2.12. The smallest absolute Gasteiger partial charge is 0.338 e. The minimum Gasteiger partial charge on any atom is -0.394 e. The van der Waals surface area contributed by atoms with Crippen LogP contribution in [0.1, 0.15) is 12.8 Å². The molecule has 0 radical (unpaired) electrons. The Morgan fingerprint density at radius 2 is 1.23 bits per heavy atom. The van der Waals surface area contributed by atoms with Gasteiger partial charge in [-0.25, -0.2) is 9.59 Å². The second-order valence-corrected chi connectivity index (χ2v) is 4.42. The van der Waals surface area contributed by atoms with Crippen molar-refractivity contribution in [1.82, 2.24) is 0 Å². The monoisotopic (exact) mass is 312 g/mol. The van der Waals surface area contributed by atoms with E-state index in [9.17, 15) is 19.2 Å². The highest BCUT2D eigenvalue weighted by molar-refractivity contribution is 6.04. The number of esters is 4. The molecule has 0 bridgehead atoms. The molecule has 0 spiro atoms. The molecule has 22 heavy (non-hydrogen) atoms. The number of carbonyl (C=O) groups is 4. The summed E-state index contributed by atoms with van der Waals surface area (Å²) >= 11 is 0. The average Bonchev–Trinajstić information content (AvgIpc) is 3.03. The molecule has 3 aliphatic rings. The number of hydrogen-bond acceptors (Lipinski definition) is 8. The molecule has 2 aliphatic heterocycles. The van der Waals surface area contributed by atoms with E-state index in [2.05, 4.69) is 9.47 Å². The standard InChI is InChI=1S/C8H8O3.C4H2O3.C2H6O2/c9-7-5-3-1-2-4-6(5)8(10)11-7;5-3-1-2-4(6)7-3;3-1-2-4/h1-2,5-6H,3-4H2;1-2H;3-4H,1-2H2. The van der Waals surface area contributed by atoms with Crippen molar-refractivity contribution in [3.8, 4) is 0 Å². The zero-order valence-corrected chi connectivity index (χ0v) is 11.6. The number of aliphatic hydroxyl groups excluding tert-OH is 2. The Kier molecular flexibility index (Phi) is 7.14. The lowest BCUT2D eigenvalue weighted by molar-refractivity contribution is -0.154. The van der Waals surface area contributed by atoms with Crippen molar-refractivity contribution in [2.45, 2.75) is 12.8 Å². The second kappa shape index (κ2) is 8.85. The Morgan fingerprint density at radius 1 is 0.818 bits per heavy atom. The molecule has 120 valence electrons. The van der Waals surface area contributed by atoms with Crippen molar-refractivity contribution in [2.24, 2.45) is 11.8 Å². The Balaban J connectivity index is 0.000000190. The summed E-state index contributed by atoms with van der Waals surface area (Å²) in [5.41, 5.74) is 0. The van der Waals surface area contributed by atoms with E-state index in [1.165, 1.54) is 0 Å². The van der Waals surface area contributed by atoms with E-state index in [1.807, 2.05) is 12.2 Å². The summed E-state index contributed by atoms with van der Waals surface area (Å²) in [4.78, 5) is 41.7. The Labute approximate surface area is 126 Å². The van der Waals surface area contributed by atoms with Gasteiger partial charge in [-0.2, -0.15) is 0 Å². The van der Waals surface area contributed by atoms with Crippen molar-refractivity contribution >= 4 is 23.9 Å². The number of cyclic esters (lactones) is 4. The molecule has 1 aliphatic carbocycles. The van der Waals surface area contributed by atoms with Crippen LogP contribution in [0.2, 0.25) is 0 Å². The van der Waals surface area contributed by atoms with E-state index in [4.69, 9.17) is 10.2 Å². The number of hydrogen-bond donors (Lipinski definition) is 2. The van der Waals surface area contributed by atoms with E-state index in [0.717, 1.165) is 12.2 Å². The molecule has 0 aromatic rings. The van der Waals surface area contributed by atoms with Gasteiger partial charge in [-0.05, 0) is 12.8 Å². The van der Waals surface area contributed by atoms with Crippen LogP contribution in [0, 0.1) is 11.8 Å². The van der Waals surface area contributed by atoms with Crippen molar-refractivity contribution in [2.75, 3.05) is 13.2 Å². The molecule has 0 aromatic carbocycles. The summed E-state index contributed by atoms with van der Waals surface area (Å²) in [5, 5.41) is 15.2. The van der Waals surface area contributed by atoms with Crippen molar-refractivity contribution in [3.63, 3.8) is 0 Å². The molecular formula is C14H16O8. The maximum atomic E-state index is 10.9. The molecule has 2 atom stereocenters. The van der Waals surface area contributed by atoms with Gasteiger partial charge in [-0.15, -0.1) is 0 Å². The number of carbonyl (C=O) groups excluding carboxylic acids is 4. The molecule has 8 heteroatoms. The van der Waals surface area contributed by atoms with Crippen LogP contribution in [-0.4, -0.2) is 47.3 Å². The van der Waals surface area contributed by atoms with Gasteiger partial charge in [-0.1, -0.05) is 12.2 Å². The number of ether oxygens (including phenoxy) is 2. The first-order chi connectivity index (χ1) is 10.5. The molecule has 2 N–H and O–H groups in total. The van der Waals surface area contributed by atoms with Crippen LogP contribution < -0.4 is 0 Å². The fourth-order valence-electron chi connectivity index (χ4n) is 1.89. The van der Waals surface area contributed by atoms with Crippen LogP contribution in [0.5, 0.6) is 0 Å². The van der Waals surface area contributed by atoms with Gasteiger partial charge >= 0.3 is 23.9 Å². The third-order valence-corrected chi connectivity index (χ3v) is 2.90. The van der Waals surface area contributed by atoms with Crippen LogP contribution in [0.4, 0.5) is 0 Å². The van der Waals surface area contributed by atoms with Crippen LogP contribution >= 0.6 is 0 Å². The highest BCUT2D eigenvalue weighted by atomic mass is 16.6.